The van der Waals surface area contributed by atoms with Crippen molar-refractivity contribution in [1.29, 1.82) is 0 Å². The molecule has 292 valence electrons. The lowest BCUT2D eigenvalue weighted by atomic mass is 9.97. The molecule has 1 heterocycles. The van der Waals surface area contributed by atoms with Crippen LogP contribution in [0.2, 0.25) is 0 Å². The lowest BCUT2D eigenvalue weighted by molar-refractivity contribution is 0.672. The molecule has 0 aliphatic heterocycles. The summed E-state index contributed by atoms with van der Waals surface area (Å²) >= 11 is 0. The summed E-state index contributed by atoms with van der Waals surface area (Å²) in [7, 11) is 0. The summed E-state index contributed by atoms with van der Waals surface area (Å²) in [6.07, 6.45) is 8.38. The minimum atomic E-state index is 0.884. The van der Waals surface area contributed by atoms with Crippen molar-refractivity contribution in [3.05, 3.63) is 248 Å². The van der Waals surface area contributed by atoms with Crippen molar-refractivity contribution >= 4 is 83.0 Å². The number of nitrogens with zero attached hydrogens (tertiary/aromatic N) is 1. The molecular weight excluding hydrogens is 751 g/mol. The van der Waals surface area contributed by atoms with Crippen LogP contribution in [0.4, 0.5) is 17.1 Å². The molecule has 1 aromatic heterocycles. The highest BCUT2D eigenvalue weighted by Gasteiger charge is 2.19. The number of benzene rings is 10. The van der Waals surface area contributed by atoms with Crippen molar-refractivity contribution in [2.75, 3.05) is 4.90 Å². The van der Waals surface area contributed by atoms with Crippen LogP contribution in [0.25, 0.3) is 88.2 Å². The van der Waals surface area contributed by atoms with Gasteiger partial charge in [-0.3, -0.25) is 0 Å². The smallest absolute Gasteiger partial charge is 0.143 e. The van der Waals surface area contributed by atoms with Crippen molar-refractivity contribution in [2.45, 2.75) is 0 Å². The molecule has 0 radical (unpaired) electrons. The Labute approximate surface area is 361 Å². The first-order valence-corrected chi connectivity index (χ1v) is 21.1. The third kappa shape index (κ3) is 6.74. The van der Waals surface area contributed by atoms with Crippen LogP contribution in [0.3, 0.4) is 0 Å². The van der Waals surface area contributed by atoms with E-state index in [0.717, 1.165) is 72.2 Å². The van der Waals surface area contributed by atoms with Crippen LogP contribution in [0.5, 0.6) is 0 Å². The quantitative estimate of drug-likeness (QED) is 0.135. The van der Waals surface area contributed by atoms with E-state index in [0.29, 0.717) is 0 Å². The molecule has 0 aliphatic rings. The largest absolute Gasteiger partial charge is 0.455 e. The van der Waals surface area contributed by atoms with E-state index in [1.54, 1.807) is 0 Å². The Morgan fingerprint density at radius 1 is 0.435 bits per heavy atom. The zero-order chi connectivity index (χ0) is 41.4. The highest BCUT2D eigenvalue weighted by Crippen LogP contribution is 2.43. The molecule has 0 fully saturated rings. The first-order valence-electron chi connectivity index (χ1n) is 21.1. The van der Waals surface area contributed by atoms with Crippen LogP contribution in [-0.2, 0) is 0 Å². The highest BCUT2D eigenvalue weighted by molar-refractivity contribution is 6.15. The molecule has 2 heteroatoms. The van der Waals surface area contributed by atoms with Crippen LogP contribution in [-0.4, -0.2) is 0 Å². The number of rotatable bonds is 9. The van der Waals surface area contributed by atoms with Gasteiger partial charge in [-0.1, -0.05) is 195 Å². The maximum absolute atomic E-state index is 6.52. The molecule has 2 nitrogen and oxygen atoms in total. The SMILES string of the molecule is C=C(/C=C\C=C\c1ccc(N(c2ccc(-c3cccc4ccccc34)cc2)c2ccccc2-c2ccc3oc4c5ccccc5ccc4c3c2)cc1)c1cccc2ccccc12. The molecule has 0 saturated carbocycles. The second-order valence-corrected chi connectivity index (χ2v) is 15.8. The zero-order valence-electron chi connectivity index (χ0n) is 34.1. The Kier molecular flexibility index (Phi) is 9.37. The minimum absolute atomic E-state index is 0.884. The van der Waals surface area contributed by atoms with E-state index in [9.17, 15) is 0 Å². The van der Waals surface area contributed by atoms with Crippen LogP contribution < -0.4 is 4.90 Å². The predicted molar refractivity (Wildman–Crippen MR) is 265 cm³/mol. The van der Waals surface area contributed by atoms with Gasteiger partial charge in [0.15, 0.2) is 0 Å². The number of para-hydroxylation sites is 1. The van der Waals surface area contributed by atoms with Crippen molar-refractivity contribution in [2.24, 2.45) is 0 Å². The van der Waals surface area contributed by atoms with Crippen molar-refractivity contribution in [1.82, 2.24) is 0 Å². The zero-order valence-corrected chi connectivity index (χ0v) is 34.1. The van der Waals surface area contributed by atoms with Crippen LogP contribution in [0, 0.1) is 0 Å². The average molecular weight is 792 g/mol. The maximum Gasteiger partial charge on any atom is 0.143 e. The van der Waals surface area contributed by atoms with Crippen LogP contribution in [0.15, 0.2) is 242 Å². The Morgan fingerprint density at radius 3 is 1.82 bits per heavy atom. The van der Waals surface area contributed by atoms with E-state index in [1.165, 1.54) is 38.1 Å². The molecule has 11 rings (SSSR count). The molecule has 0 aliphatic carbocycles. The monoisotopic (exact) mass is 791 g/mol. The molecule has 10 aromatic carbocycles. The van der Waals surface area contributed by atoms with Gasteiger partial charge in [-0.25, -0.2) is 0 Å². The normalized spacial score (nSPS) is 11.8. The Bertz CT molecular complexity index is 3520. The number of furan rings is 1. The highest BCUT2D eigenvalue weighted by atomic mass is 16.3. The van der Waals surface area contributed by atoms with Gasteiger partial charge in [-0.2, -0.15) is 0 Å². The van der Waals surface area contributed by atoms with E-state index in [4.69, 9.17) is 4.42 Å². The van der Waals surface area contributed by atoms with Crippen LogP contribution in [0.1, 0.15) is 11.1 Å². The summed E-state index contributed by atoms with van der Waals surface area (Å²) in [5, 5.41) is 9.44. The van der Waals surface area contributed by atoms with E-state index in [1.807, 2.05) is 0 Å². The molecule has 0 N–H and O–H groups in total. The lowest BCUT2D eigenvalue weighted by Gasteiger charge is -2.28. The number of fused-ring (bicyclic) bond motifs is 7. The van der Waals surface area contributed by atoms with Gasteiger partial charge in [0, 0.05) is 33.1 Å². The average Bonchev–Trinajstić information content (AvgIpc) is 3.72. The number of anilines is 3. The molecule has 0 atom stereocenters. The lowest BCUT2D eigenvalue weighted by Crippen LogP contribution is -2.11. The number of hydrogen-bond donors (Lipinski definition) is 0. The van der Waals surface area contributed by atoms with Crippen molar-refractivity contribution in [3.8, 4) is 22.3 Å². The third-order valence-electron chi connectivity index (χ3n) is 12.0. The van der Waals surface area contributed by atoms with E-state index in [-0.39, 0.29) is 0 Å². The van der Waals surface area contributed by atoms with Gasteiger partial charge in [0.2, 0.25) is 0 Å². The summed E-state index contributed by atoms with van der Waals surface area (Å²) in [6.45, 7) is 4.38. The van der Waals surface area contributed by atoms with E-state index >= 15 is 0 Å². The second kappa shape index (κ2) is 15.8. The first kappa shape index (κ1) is 36.8. The van der Waals surface area contributed by atoms with E-state index in [2.05, 4.69) is 248 Å². The standard InChI is InChI=1S/C60H41NO/c1-41(50-25-12-19-43-16-4-7-21-51(43)50)14-2-3-15-42-28-34-48(35-29-42)61(49-36-30-46(31-37-49)53-26-13-20-44-17-5-8-22-52(44)53)58-27-11-10-23-54(58)47-33-39-59-57(40-47)56-38-32-45-18-6-9-24-55(45)60(56)62-59/h2-40H,1H2/b14-2-,15-3+. The van der Waals surface area contributed by atoms with Gasteiger partial charge >= 0.3 is 0 Å². The van der Waals surface area contributed by atoms with Gasteiger partial charge in [0.1, 0.15) is 11.2 Å². The summed E-state index contributed by atoms with van der Waals surface area (Å²) < 4.78 is 6.52. The fourth-order valence-corrected chi connectivity index (χ4v) is 8.95. The number of hydrogen-bond acceptors (Lipinski definition) is 2. The number of allylic oxidation sites excluding steroid dienone is 4. The molecule has 0 amide bonds. The second-order valence-electron chi connectivity index (χ2n) is 15.8. The Balaban J connectivity index is 0.964. The van der Waals surface area contributed by atoms with Gasteiger partial charge in [0.25, 0.3) is 0 Å². The van der Waals surface area contributed by atoms with Gasteiger partial charge in [0.05, 0.1) is 5.69 Å². The minimum Gasteiger partial charge on any atom is -0.455 e. The molecule has 11 aromatic rings. The summed E-state index contributed by atoms with van der Waals surface area (Å²) in [5.74, 6) is 0. The van der Waals surface area contributed by atoms with Crippen molar-refractivity contribution < 1.29 is 4.42 Å². The molecule has 62 heavy (non-hydrogen) atoms. The molecular formula is C60H41NO. The maximum atomic E-state index is 6.52. The Hall–Kier alpha value is -8.20. The summed E-state index contributed by atoms with van der Waals surface area (Å²) in [5.41, 5.74) is 12.9. The van der Waals surface area contributed by atoms with E-state index < -0.39 is 0 Å². The van der Waals surface area contributed by atoms with Crippen molar-refractivity contribution in [3.63, 3.8) is 0 Å². The predicted octanol–water partition coefficient (Wildman–Crippen LogP) is 17.1. The summed E-state index contributed by atoms with van der Waals surface area (Å²) in [6, 6.07) is 75.8. The molecule has 0 bridgehead atoms. The first-order chi connectivity index (χ1) is 30.7. The van der Waals surface area contributed by atoms with Gasteiger partial charge < -0.3 is 9.32 Å². The van der Waals surface area contributed by atoms with Gasteiger partial charge in [-0.05, 0) is 109 Å². The summed E-state index contributed by atoms with van der Waals surface area (Å²) in [4.78, 5) is 2.37. The fraction of sp³-hybridized carbons (Fsp3) is 0. The molecule has 0 saturated heterocycles. The fourth-order valence-electron chi connectivity index (χ4n) is 8.95. The van der Waals surface area contributed by atoms with Gasteiger partial charge in [-0.15, -0.1) is 0 Å². The molecule has 0 unspecified atom stereocenters. The molecule has 0 spiro atoms. The topological polar surface area (TPSA) is 16.4 Å². The Morgan fingerprint density at radius 2 is 1.03 bits per heavy atom. The third-order valence-corrected chi connectivity index (χ3v) is 12.0. The van der Waals surface area contributed by atoms with Crippen LogP contribution >= 0.6 is 0 Å².